The molecule has 0 amide bonds. The van der Waals surface area contributed by atoms with E-state index in [1.165, 1.54) is 23.7 Å². The second kappa shape index (κ2) is 3.77. The molecule has 0 saturated heterocycles. The van der Waals surface area contributed by atoms with Crippen molar-refractivity contribution in [1.82, 2.24) is 4.57 Å². The summed E-state index contributed by atoms with van der Waals surface area (Å²) in [5, 5.41) is 2.51. The Kier molecular flexibility index (Phi) is 2.88. The fourth-order valence-corrected chi connectivity index (χ4v) is 0.987. The number of anilines is 1. The van der Waals surface area contributed by atoms with E-state index in [-0.39, 0.29) is 5.56 Å². The van der Waals surface area contributed by atoms with Crippen LogP contribution in [-0.4, -0.2) is 17.0 Å². The first-order chi connectivity index (χ1) is 6.40. The predicted octanol–water partition coefficient (Wildman–Crippen LogP) is 1.45. The number of aromatic nitrogens is 1. The Morgan fingerprint density at radius 3 is 2.71 bits per heavy atom. The van der Waals surface area contributed by atoms with Crippen molar-refractivity contribution in [1.29, 1.82) is 0 Å². The number of alkyl halides is 2. The zero-order chi connectivity index (χ0) is 10.8. The predicted molar refractivity (Wildman–Crippen MR) is 50.8 cm³/mol. The second-order valence-corrected chi connectivity index (χ2v) is 3.23. The smallest absolute Gasteiger partial charge is 0.262 e. The van der Waals surface area contributed by atoms with Gasteiger partial charge < -0.3 is 5.32 Å². The molecular weight excluding hydrogens is 190 g/mol. The molecule has 0 aliphatic rings. The SMILES string of the molecule is Cn1c(NCC(C)(F)F)cccc1=O. The van der Waals surface area contributed by atoms with Crippen LogP contribution in [0.3, 0.4) is 0 Å². The molecule has 0 bridgehead atoms. The lowest BCUT2D eigenvalue weighted by atomic mass is 10.3. The van der Waals surface area contributed by atoms with Crippen LogP contribution in [0.15, 0.2) is 23.0 Å². The molecule has 0 aliphatic heterocycles. The summed E-state index contributed by atoms with van der Waals surface area (Å²) in [6.07, 6.45) is 0. The molecule has 1 rings (SSSR count). The molecular formula is C9H12F2N2O. The minimum Gasteiger partial charge on any atom is -0.365 e. The van der Waals surface area contributed by atoms with Gasteiger partial charge in [-0.15, -0.1) is 0 Å². The van der Waals surface area contributed by atoms with Gasteiger partial charge in [-0.25, -0.2) is 8.78 Å². The summed E-state index contributed by atoms with van der Waals surface area (Å²) in [7, 11) is 1.53. The lowest BCUT2D eigenvalue weighted by Crippen LogP contribution is -2.26. The standard InChI is InChI=1S/C9H12F2N2O/c1-9(10,11)6-12-7-4-3-5-8(14)13(7)2/h3-5,12H,6H2,1-2H3. The quantitative estimate of drug-likeness (QED) is 0.805. The first kappa shape index (κ1) is 10.7. The van der Waals surface area contributed by atoms with Gasteiger partial charge in [0.05, 0.1) is 6.54 Å². The van der Waals surface area contributed by atoms with Crippen molar-refractivity contribution >= 4 is 5.82 Å². The van der Waals surface area contributed by atoms with E-state index in [4.69, 9.17) is 0 Å². The molecule has 0 radical (unpaired) electrons. The molecule has 0 saturated carbocycles. The minimum atomic E-state index is -2.79. The highest BCUT2D eigenvalue weighted by atomic mass is 19.3. The normalized spacial score (nSPS) is 11.4. The Morgan fingerprint density at radius 2 is 2.14 bits per heavy atom. The summed E-state index contributed by atoms with van der Waals surface area (Å²) in [6, 6.07) is 4.47. The van der Waals surface area contributed by atoms with E-state index in [0.717, 1.165) is 6.92 Å². The molecule has 3 nitrogen and oxygen atoms in total. The number of nitrogens with zero attached hydrogens (tertiary/aromatic N) is 1. The Labute approximate surface area is 80.4 Å². The number of nitrogens with one attached hydrogen (secondary N) is 1. The van der Waals surface area contributed by atoms with Crippen molar-refractivity contribution in [3.63, 3.8) is 0 Å². The summed E-state index contributed by atoms with van der Waals surface area (Å²) in [4.78, 5) is 11.1. The van der Waals surface area contributed by atoms with Crippen molar-refractivity contribution in [3.05, 3.63) is 28.6 Å². The number of hydrogen-bond donors (Lipinski definition) is 1. The summed E-state index contributed by atoms with van der Waals surface area (Å²) >= 11 is 0. The zero-order valence-corrected chi connectivity index (χ0v) is 8.05. The van der Waals surface area contributed by atoms with E-state index >= 15 is 0 Å². The molecule has 0 aliphatic carbocycles. The molecule has 5 heteroatoms. The van der Waals surface area contributed by atoms with Gasteiger partial charge in [-0.3, -0.25) is 9.36 Å². The van der Waals surface area contributed by atoms with Gasteiger partial charge in [0.1, 0.15) is 5.82 Å². The molecule has 1 N–H and O–H groups in total. The maximum absolute atomic E-state index is 12.5. The second-order valence-electron chi connectivity index (χ2n) is 3.23. The van der Waals surface area contributed by atoms with Crippen molar-refractivity contribution in [2.24, 2.45) is 7.05 Å². The first-order valence-corrected chi connectivity index (χ1v) is 4.18. The van der Waals surface area contributed by atoms with Crippen LogP contribution in [0, 0.1) is 0 Å². The number of rotatable bonds is 3. The number of hydrogen-bond acceptors (Lipinski definition) is 2. The maximum Gasteiger partial charge on any atom is 0.262 e. The van der Waals surface area contributed by atoms with E-state index in [9.17, 15) is 13.6 Å². The average Bonchev–Trinajstić information content (AvgIpc) is 2.06. The molecule has 14 heavy (non-hydrogen) atoms. The van der Waals surface area contributed by atoms with E-state index in [1.54, 1.807) is 6.07 Å². The molecule has 0 unspecified atom stereocenters. The highest BCUT2D eigenvalue weighted by Crippen LogP contribution is 2.12. The Morgan fingerprint density at radius 1 is 1.50 bits per heavy atom. The first-order valence-electron chi connectivity index (χ1n) is 4.18. The van der Waals surface area contributed by atoms with E-state index < -0.39 is 12.5 Å². The summed E-state index contributed by atoms with van der Waals surface area (Å²) < 4.78 is 26.3. The Hall–Kier alpha value is -1.39. The van der Waals surface area contributed by atoms with Gasteiger partial charge >= 0.3 is 0 Å². The topological polar surface area (TPSA) is 34.0 Å². The minimum absolute atomic E-state index is 0.227. The van der Waals surface area contributed by atoms with Gasteiger partial charge in [0.25, 0.3) is 11.5 Å². The van der Waals surface area contributed by atoms with Crippen LogP contribution in [0.1, 0.15) is 6.92 Å². The van der Waals surface area contributed by atoms with Crippen LogP contribution in [0.4, 0.5) is 14.6 Å². The highest BCUT2D eigenvalue weighted by Gasteiger charge is 2.20. The van der Waals surface area contributed by atoms with Crippen molar-refractivity contribution < 1.29 is 8.78 Å². The zero-order valence-electron chi connectivity index (χ0n) is 8.05. The number of pyridine rings is 1. The van der Waals surface area contributed by atoms with Crippen LogP contribution in [0.2, 0.25) is 0 Å². The van der Waals surface area contributed by atoms with E-state index in [0.29, 0.717) is 5.82 Å². The van der Waals surface area contributed by atoms with Crippen molar-refractivity contribution in [2.45, 2.75) is 12.8 Å². The lowest BCUT2D eigenvalue weighted by Gasteiger charge is -2.14. The fourth-order valence-electron chi connectivity index (χ4n) is 0.987. The van der Waals surface area contributed by atoms with Crippen LogP contribution in [0.25, 0.3) is 0 Å². The Balaban J connectivity index is 2.78. The largest absolute Gasteiger partial charge is 0.365 e. The summed E-state index contributed by atoms with van der Waals surface area (Å²) in [5.74, 6) is -2.40. The summed E-state index contributed by atoms with van der Waals surface area (Å²) in [6.45, 7) is 0.339. The van der Waals surface area contributed by atoms with Gasteiger partial charge in [-0.05, 0) is 6.07 Å². The van der Waals surface area contributed by atoms with Gasteiger partial charge in [-0.1, -0.05) is 6.07 Å². The van der Waals surface area contributed by atoms with Crippen molar-refractivity contribution in [3.8, 4) is 0 Å². The van der Waals surface area contributed by atoms with E-state index in [1.807, 2.05) is 0 Å². The van der Waals surface area contributed by atoms with Crippen LogP contribution in [-0.2, 0) is 7.05 Å². The van der Waals surface area contributed by atoms with Gasteiger partial charge in [0, 0.05) is 20.0 Å². The Bertz CT molecular complexity index is 368. The molecule has 0 fully saturated rings. The molecule has 1 heterocycles. The lowest BCUT2D eigenvalue weighted by molar-refractivity contribution is 0.0366. The van der Waals surface area contributed by atoms with Gasteiger partial charge in [0.2, 0.25) is 0 Å². The van der Waals surface area contributed by atoms with Crippen LogP contribution in [0.5, 0.6) is 0 Å². The van der Waals surface area contributed by atoms with Gasteiger partial charge in [-0.2, -0.15) is 0 Å². The fraction of sp³-hybridized carbons (Fsp3) is 0.444. The third-order valence-corrected chi connectivity index (χ3v) is 1.76. The van der Waals surface area contributed by atoms with Crippen molar-refractivity contribution in [2.75, 3.05) is 11.9 Å². The average molecular weight is 202 g/mol. The van der Waals surface area contributed by atoms with Crippen LogP contribution < -0.4 is 10.9 Å². The summed E-state index contributed by atoms with van der Waals surface area (Å²) in [5.41, 5.74) is -0.227. The molecule has 0 atom stereocenters. The molecule has 1 aromatic heterocycles. The van der Waals surface area contributed by atoms with Gasteiger partial charge in [0.15, 0.2) is 0 Å². The third kappa shape index (κ3) is 2.83. The third-order valence-electron chi connectivity index (χ3n) is 1.76. The molecule has 78 valence electrons. The van der Waals surface area contributed by atoms with Crippen LogP contribution >= 0.6 is 0 Å². The molecule has 0 spiro atoms. The monoisotopic (exact) mass is 202 g/mol. The highest BCUT2D eigenvalue weighted by molar-refractivity contribution is 5.35. The maximum atomic E-state index is 12.5. The molecule has 1 aromatic rings. The number of halogens is 2. The van der Waals surface area contributed by atoms with E-state index in [2.05, 4.69) is 5.32 Å². The molecule has 0 aromatic carbocycles.